The molecule has 5 N–H and O–H groups in total. The Morgan fingerprint density at radius 3 is 2.52 bits per heavy atom. The number of amides is 1. The van der Waals surface area contributed by atoms with Gasteiger partial charge in [-0.3, -0.25) is 15.0 Å². The van der Waals surface area contributed by atoms with E-state index in [1.807, 2.05) is 4.90 Å². The first-order valence-electron chi connectivity index (χ1n) is 13.1. The predicted octanol–water partition coefficient (Wildman–Crippen LogP) is 4.61. The lowest BCUT2D eigenvalue weighted by Gasteiger charge is -2.40. The number of carbonyl (C=O) groups excluding carboxylic acids is 1. The minimum absolute atomic E-state index is 0.0278. The zero-order valence-electron chi connectivity index (χ0n) is 22.2. The molecule has 4 rings (SSSR count). The lowest BCUT2D eigenvalue weighted by atomic mass is 9.73. The molecule has 2 heterocycles. The molecule has 0 saturated carbocycles. The molecule has 0 unspecified atom stereocenters. The molecular formula is C28H33F4N5O3. The van der Waals surface area contributed by atoms with E-state index in [-0.39, 0.29) is 25.1 Å². The number of hydroxylamine groups is 1. The second-order valence-corrected chi connectivity index (χ2v) is 10.0. The molecule has 1 aromatic heterocycles. The molecule has 8 nitrogen and oxygen atoms in total. The molecule has 1 amide bonds. The first-order valence-corrected chi connectivity index (χ1v) is 13.1. The summed E-state index contributed by atoms with van der Waals surface area (Å²) in [5.41, 5.74) is 8.39. The summed E-state index contributed by atoms with van der Waals surface area (Å²) in [5.74, 6) is -4.07. The molecule has 0 spiro atoms. The van der Waals surface area contributed by atoms with Crippen molar-refractivity contribution < 1.29 is 32.3 Å². The number of alkyl halides is 1. The summed E-state index contributed by atoms with van der Waals surface area (Å²) < 4.78 is 61.3. The highest BCUT2D eigenvalue weighted by Gasteiger charge is 2.41. The molecule has 1 aliphatic rings. The summed E-state index contributed by atoms with van der Waals surface area (Å²) in [6, 6.07) is 6.99. The standard InChI is InChI=1S/C28H33F4N5O3/c1-40-19-2-3-24-20(14-19)25(17(15-33)16-35-24)21(29)4-5-28(27(38)36-39)6-9-37(10-7-28)11-8-34-18-12-22(30)26(32)23(31)13-18/h2-3,12-14,16,21,34,39H,4-11,15,33H2,1H3,(H,36,38)/t21-/m1/s1. The second kappa shape index (κ2) is 12.8. The van der Waals surface area contributed by atoms with Gasteiger partial charge in [0.25, 0.3) is 0 Å². The van der Waals surface area contributed by atoms with Gasteiger partial charge in [-0.15, -0.1) is 0 Å². The van der Waals surface area contributed by atoms with Gasteiger partial charge in [0.05, 0.1) is 18.0 Å². The fourth-order valence-corrected chi connectivity index (χ4v) is 5.37. The zero-order valence-corrected chi connectivity index (χ0v) is 22.2. The summed E-state index contributed by atoms with van der Waals surface area (Å²) in [7, 11) is 1.52. The normalized spacial score (nSPS) is 16.1. The maximum atomic E-state index is 15.9. The lowest BCUT2D eigenvalue weighted by Crippen LogP contribution is -2.49. The highest BCUT2D eigenvalue weighted by atomic mass is 19.2. The number of benzene rings is 2. The molecule has 3 aromatic rings. The number of aromatic nitrogens is 1. The SMILES string of the molecule is COc1ccc2ncc(CN)c([C@H](F)CCC3(C(=O)NO)CCN(CCNc4cc(F)c(F)c(F)c4)CC3)c2c1. The third kappa shape index (κ3) is 6.29. The van der Waals surface area contributed by atoms with E-state index in [4.69, 9.17) is 10.5 Å². The predicted molar refractivity (Wildman–Crippen MR) is 142 cm³/mol. The average molecular weight is 564 g/mol. The molecule has 1 atom stereocenters. The fraction of sp³-hybridized carbons (Fsp3) is 0.429. The Morgan fingerprint density at radius 2 is 1.90 bits per heavy atom. The molecular weight excluding hydrogens is 530 g/mol. The van der Waals surface area contributed by atoms with Gasteiger partial charge in [0, 0.05) is 54.6 Å². The molecule has 40 heavy (non-hydrogen) atoms. The Kier molecular flexibility index (Phi) is 9.44. The Labute approximate surface area is 229 Å². The van der Waals surface area contributed by atoms with E-state index in [2.05, 4.69) is 10.3 Å². The number of likely N-dealkylation sites (tertiary alicyclic amines) is 1. The second-order valence-electron chi connectivity index (χ2n) is 10.0. The Morgan fingerprint density at radius 1 is 1.20 bits per heavy atom. The van der Waals surface area contributed by atoms with Crippen LogP contribution in [0.25, 0.3) is 10.9 Å². The number of hydrogen-bond acceptors (Lipinski definition) is 7. The molecule has 216 valence electrons. The van der Waals surface area contributed by atoms with Crippen LogP contribution in [0.15, 0.2) is 36.5 Å². The number of piperidine rings is 1. The van der Waals surface area contributed by atoms with Crippen LogP contribution in [0.5, 0.6) is 5.75 Å². The summed E-state index contributed by atoms with van der Waals surface area (Å²) in [6.07, 6.45) is 1.10. The quantitative estimate of drug-likeness (QED) is 0.117. The van der Waals surface area contributed by atoms with E-state index in [9.17, 15) is 23.2 Å². The average Bonchev–Trinajstić information content (AvgIpc) is 2.97. The third-order valence-corrected chi connectivity index (χ3v) is 7.75. The lowest BCUT2D eigenvalue weighted by molar-refractivity contribution is -0.143. The molecule has 2 aromatic carbocycles. The number of nitrogens with zero attached hydrogens (tertiary/aromatic N) is 2. The van der Waals surface area contributed by atoms with Crippen LogP contribution in [-0.2, 0) is 11.3 Å². The first kappa shape index (κ1) is 29.5. The number of ether oxygens (including phenoxy) is 1. The number of rotatable bonds is 11. The molecule has 1 fully saturated rings. The highest BCUT2D eigenvalue weighted by molar-refractivity contribution is 5.85. The largest absolute Gasteiger partial charge is 0.497 e. The molecule has 0 aliphatic carbocycles. The number of anilines is 1. The van der Waals surface area contributed by atoms with E-state index in [0.717, 1.165) is 12.1 Å². The van der Waals surface area contributed by atoms with Crippen molar-refractivity contribution in [3.63, 3.8) is 0 Å². The number of carbonyl (C=O) groups is 1. The van der Waals surface area contributed by atoms with Gasteiger partial charge in [-0.25, -0.2) is 23.0 Å². The van der Waals surface area contributed by atoms with Gasteiger partial charge in [-0.2, -0.15) is 0 Å². The van der Waals surface area contributed by atoms with Crippen molar-refractivity contribution in [3.05, 3.63) is 65.1 Å². The van der Waals surface area contributed by atoms with Crippen molar-refractivity contribution in [2.24, 2.45) is 11.1 Å². The van der Waals surface area contributed by atoms with Gasteiger partial charge < -0.3 is 20.7 Å². The Bertz CT molecular complexity index is 1320. The Balaban J connectivity index is 1.41. The molecule has 0 bridgehead atoms. The van der Waals surface area contributed by atoms with Crippen LogP contribution >= 0.6 is 0 Å². The van der Waals surface area contributed by atoms with Crippen LogP contribution in [0.4, 0.5) is 23.2 Å². The van der Waals surface area contributed by atoms with E-state index in [0.29, 0.717) is 66.8 Å². The van der Waals surface area contributed by atoms with E-state index in [1.54, 1.807) is 29.9 Å². The van der Waals surface area contributed by atoms with Crippen molar-refractivity contribution in [2.75, 3.05) is 38.6 Å². The van der Waals surface area contributed by atoms with Crippen molar-refractivity contribution in [1.82, 2.24) is 15.4 Å². The number of hydrogen-bond donors (Lipinski definition) is 4. The maximum absolute atomic E-state index is 15.9. The topological polar surface area (TPSA) is 113 Å². The van der Waals surface area contributed by atoms with Crippen LogP contribution < -0.4 is 21.3 Å². The minimum atomic E-state index is -1.52. The molecule has 1 aliphatic heterocycles. The van der Waals surface area contributed by atoms with Crippen molar-refractivity contribution in [2.45, 2.75) is 38.4 Å². The molecule has 0 radical (unpaired) electrons. The number of fused-ring (bicyclic) bond motifs is 1. The van der Waals surface area contributed by atoms with E-state index < -0.39 is 34.9 Å². The fourth-order valence-electron chi connectivity index (χ4n) is 5.37. The van der Waals surface area contributed by atoms with Gasteiger partial charge in [-0.05, 0) is 62.5 Å². The summed E-state index contributed by atoms with van der Waals surface area (Å²) >= 11 is 0. The van der Waals surface area contributed by atoms with Gasteiger partial charge in [0.2, 0.25) is 5.91 Å². The Hall–Kier alpha value is -3.48. The monoisotopic (exact) mass is 563 g/mol. The molecule has 12 heteroatoms. The van der Waals surface area contributed by atoms with Gasteiger partial charge in [0.1, 0.15) is 11.9 Å². The maximum Gasteiger partial charge on any atom is 0.249 e. The number of methoxy groups -OCH3 is 1. The van der Waals surface area contributed by atoms with Gasteiger partial charge in [-0.1, -0.05) is 0 Å². The van der Waals surface area contributed by atoms with Crippen LogP contribution in [0.3, 0.4) is 0 Å². The van der Waals surface area contributed by atoms with Crippen molar-refractivity contribution in [3.8, 4) is 5.75 Å². The smallest absolute Gasteiger partial charge is 0.249 e. The third-order valence-electron chi connectivity index (χ3n) is 7.75. The van der Waals surface area contributed by atoms with Crippen molar-refractivity contribution >= 4 is 22.5 Å². The van der Waals surface area contributed by atoms with Crippen molar-refractivity contribution in [1.29, 1.82) is 0 Å². The zero-order chi connectivity index (χ0) is 28.9. The van der Waals surface area contributed by atoms with Gasteiger partial charge >= 0.3 is 0 Å². The number of halogens is 4. The van der Waals surface area contributed by atoms with Crippen LogP contribution in [0.1, 0.15) is 43.0 Å². The van der Waals surface area contributed by atoms with Crippen LogP contribution in [0, 0.1) is 22.9 Å². The number of pyridine rings is 1. The van der Waals surface area contributed by atoms with Crippen LogP contribution in [0.2, 0.25) is 0 Å². The van der Waals surface area contributed by atoms with Crippen LogP contribution in [-0.4, -0.2) is 54.3 Å². The first-order chi connectivity index (χ1) is 19.2. The number of nitrogens with one attached hydrogen (secondary N) is 2. The minimum Gasteiger partial charge on any atom is -0.497 e. The highest BCUT2D eigenvalue weighted by Crippen LogP contribution is 2.41. The van der Waals surface area contributed by atoms with E-state index >= 15 is 4.39 Å². The molecule has 1 saturated heterocycles. The summed E-state index contributed by atoms with van der Waals surface area (Å²) in [6.45, 7) is 1.90. The summed E-state index contributed by atoms with van der Waals surface area (Å²) in [4.78, 5) is 19.2. The van der Waals surface area contributed by atoms with Gasteiger partial charge in [0.15, 0.2) is 17.5 Å². The number of nitrogens with two attached hydrogens (primary N) is 1. The van der Waals surface area contributed by atoms with E-state index in [1.165, 1.54) is 7.11 Å². The summed E-state index contributed by atoms with van der Waals surface area (Å²) in [5, 5.41) is 12.9.